The predicted octanol–water partition coefficient (Wildman–Crippen LogP) is 0.690. The summed E-state index contributed by atoms with van der Waals surface area (Å²) in [6.45, 7) is 1.97. The van der Waals surface area contributed by atoms with Gasteiger partial charge in [-0.25, -0.2) is 13.2 Å². The number of hydrogen-bond acceptors (Lipinski definition) is 3. The van der Waals surface area contributed by atoms with Gasteiger partial charge in [-0.3, -0.25) is 4.90 Å². The highest BCUT2D eigenvalue weighted by molar-refractivity contribution is 7.91. The second-order valence-electron chi connectivity index (χ2n) is 4.91. The third-order valence-corrected chi connectivity index (χ3v) is 5.21. The molecule has 0 bridgehead atoms. The Morgan fingerprint density at radius 2 is 1.89 bits per heavy atom. The van der Waals surface area contributed by atoms with E-state index in [1.165, 1.54) is 0 Å². The summed E-state index contributed by atoms with van der Waals surface area (Å²) in [4.78, 5) is 13.5. The monoisotopic (exact) mass is 266 g/mol. The van der Waals surface area contributed by atoms with Crippen LogP contribution < -0.4 is 10.2 Å². The molecule has 2 heterocycles. The maximum atomic E-state index is 11.9. The molecule has 0 aromatic heterocycles. The molecule has 0 radical (unpaired) electrons. The van der Waals surface area contributed by atoms with Gasteiger partial charge >= 0.3 is 6.03 Å². The van der Waals surface area contributed by atoms with Crippen molar-refractivity contribution < 1.29 is 13.2 Å². The van der Waals surface area contributed by atoms with Crippen molar-refractivity contribution in [1.29, 1.82) is 0 Å². The van der Waals surface area contributed by atoms with Crippen LogP contribution in [0.2, 0.25) is 0 Å². The summed E-state index contributed by atoms with van der Waals surface area (Å²) >= 11 is 0. The molecule has 2 fully saturated rings. The lowest BCUT2D eigenvalue weighted by Crippen LogP contribution is -2.36. The molecular weight excluding hydrogens is 252 g/mol. The van der Waals surface area contributed by atoms with Crippen LogP contribution in [0.15, 0.2) is 24.3 Å². The lowest BCUT2D eigenvalue weighted by molar-refractivity contribution is 0.251. The maximum Gasteiger partial charge on any atom is 0.322 e. The highest BCUT2D eigenvalue weighted by Gasteiger charge is 2.49. The number of urea groups is 1. The fourth-order valence-electron chi connectivity index (χ4n) is 2.61. The Morgan fingerprint density at radius 1 is 1.22 bits per heavy atom. The summed E-state index contributed by atoms with van der Waals surface area (Å²) in [6.07, 6.45) is 0. The van der Waals surface area contributed by atoms with E-state index < -0.39 is 9.84 Å². The summed E-state index contributed by atoms with van der Waals surface area (Å²) < 4.78 is 23.2. The van der Waals surface area contributed by atoms with Gasteiger partial charge in [0.05, 0.1) is 23.6 Å². The number of sulfone groups is 1. The molecule has 1 aromatic rings. The van der Waals surface area contributed by atoms with E-state index in [0.29, 0.717) is 0 Å². The molecule has 2 aliphatic heterocycles. The minimum atomic E-state index is -3.03. The number of fused-ring (bicyclic) bond motifs is 1. The Kier molecular flexibility index (Phi) is 2.38. The zero-order chi connectivity index (χ0) is 12.9. The number of nitrogens with zero attached hydrogens (tertiary/aromatic N) is 1. The van der Waals surface area contributed by atoms with Crippen molar-refractivity contribution in [2.45, 2.75) is 19.0 Å². The lowest BCUT2D eigenvalue weighted by atomic mass is 10.1. The molecule has 1 N–H and O–H groups in total. The molecule has 18 heavy (non-hydrogen) atoms. The fourth-order valence-corrected chi connectivity index (χ4v) is 4.50. The zero-order valence-corrected chi connectivity index (χ0v) is 10.8. The van der Waals surface area contributed by atoms with Crippen LogP contribution in [-0.2, 0) is 9.84 Å². The third kappa shape index (κ3) is 1.77. The van der Waals surface area contributed by atoms with Crippen LogP contribution in [0.4, 0.5) is 10.5 Å². The van der Waals surface area contributed by atoms with Gasteiger partial charge in [-0.2, -0.15) is 0 Å². The van der Waals surface area contributed by atoms with Gasteiger partial charge in [-0.05, 0) is 19.1 Å². The second kappa shape index (κ2) is 3.71. The standard InChI is InChI=1S/C12H14N2O3S/c1-8-2-4-9(5-3-8)14-11-7-18(16,17)6-10(11)13-12(14)15/h2-5,10-11H,6-7H2,1H3,(H,13,15)/t10-,11-/m0/s1. The molecule has 5 nitrogen and oxygen atoms in total. The van der Waals surface area contributed by atoms with E-state index in [4.69, 9.17) is 0 Å². The first-order valence-electron chi connectivity index (χ1n) is 5.83. The Balaban J connectivity index is 1.96. The van der Waals surface area contributed by atoms with Crippen LogP contribution in [0, 0.1) is 6.92 Å². The van der Waals surface area contributed by atoms with Gasteiger partial charge in [0.1, 0.15) is 0 Å². The Morgan fingerprint density at radius 3 is 2.56 bits per heavy atom. The first kappa shape index (κ1) is 11.5. The number of rotatable bonds is 1. The minimum absolute atomic E-state index is 0.0459. The molecule has 2 amide bonds. The van der Waals surface area contributed by atoms with Gasteiger partial charge in [0, 0.05) is 5.69 Å². The molecule has 2 saturated heterocycles. The van der Waals surface area contributed by atoms with E-state index >= 15 is 0 Å². The molecule has 0 saturated carbocycles. The summed E-state index contributed by atoms with van der Waals surface area (Å²) in [5, 5.41) is 2.74. The van der Waals surface area contributed by atoms with Gasteiger partial charge in [-0.15, -0.1) is 0 Å². The van der Waals surface area contributed by atoms with Crippen molar-refractivity contribution in [3.8, 4) is 0 Å². The van der Waals surface area contributed by atoms with Crippen LogP contribution in [-0.4, -0.2) is 38.0 Å². The fraction of sp³-hybridized carbons (Fsp3) is 0.417. The lowest BCUT2D eigenvalue weighted by Gasteiger charge is -2.21. The molecule has 3 rings (SSSR count). The largest absolute Gasteiger partial charge is 0.332 e. The number of hydrogen-bond donors (Lipinski definition) is 1. The molecule has 0 spiro atoms. The number of amides is 2. The topological polar surface area (TPSA) is 66.5 Å². The average molecular weight is 266 g/mol. The normalized spacial score (nSPS) is 29.2. The first-order valence-corrected chi connectivity index (χ1v) is 7.65. The van der Waals surface area contributed by atoms with Crippen LogP contribution in [0.1, 0.15) is 5.56 Å². The van der Waals surface area contributed by atoms with Crippen LogP contribution >= 0.6 is 0 Å². The number of aryl methyl sites for hydroxylation is 1. The molecular formula is C12H14N2O3S. The van der Waals surface area contributed by atoms with Gasteiger partial charge in [0.15, 0.2) is 9.84 Å². The van der Waals surface area contributed by atoms with Crippen molar-refractivity contribution in [1.82, 2.24) is 5.32 Å². The van der Waals surface area contributed by atoms with Crippen LogP contribution in [0.5, 0.6) is 0 Å². The highest BCUT2D eigenvalue weighted by atomic mass is 32.2. The van der Waals surface area contributed by atoms with E-state index in [2.05, 4.69) is 5.32 Å². The number of nitrogens with one attached hydrogen (secondary N) is 1. The van der Waals surface area contributed by atoms with Crippen molar-refractivity contribution in [2.75, 3.05) is 16.4 Å². The van der Waals surface area contributed by atoms with E-state index in [1.807, 2.05) is 31.2 Å². The molecule has 6 heteroatoms. The molecule has 1 aromatic carbocycles. The summed E-state index contributed by atoms with van der Waals surface area (Å²) in [7, 11) is -3.03. The van der Waals surface area contributed by atoms with Gasteiger partial charge in [0.25, 0.3) is 0 Å². The van der Waals surface area contributed by atoms with Crippen molar-refractivity contribution in [2.24, 2.45) is 0 Å². The number of anilines is 1. The summed E-state index contributed by atoms with van der Waals surface area (Å²) in [6, 6.07) is 6.78. The van der Waals surface area contributed by atoms with E-state index in [9.17, 15) is 13.2 Å². The van der Waals surface area contributed by atoms with Crippen molar-refractivity contribution in [3.05, 3.63) is 29.8 Å². The second-order valence-corrected chi connectivity index (χ2v) is 7.06. The van der Waals surface area contributed by atoms with E-state index in [1.54, 1.807) is 4.90 Å². The molecule has 96 valence electrons. The summed E-state index contributed by atoms with van der Waals surface area (Å²) in [5.41, 5.74) is 1.86. The average Bonchev–Trinajstić information content (AvgIpc) is 2.70. The van der Waals surface area contributed by atoms with E-state index in [0.717, 1.165) is 11.3 Å². The number of carbonyl (C=O) groups is 1. The van der Waals surface area contributed by atoms with Crippen LogP contribution in [0.25, 0.3) is 0 Å². The smallest absolute Gasteiger partial charge is 0.322 e. The SMILES string of the molecule is Cc1ccc(N2C(=O)N[C@H]3CS(=O)(=O)C[C@@H]32)cc1. The number of benzene rings is 1. The third-order valence-electron chi connectivity index (χ3n) is 3.49. The zero-order valence-electron chi connectivity index (χ0n) is 9.96. The quantitative estimate of drug-likeness (QED) is 0.761. The molecule has 2 atom stereocenters. The minimum Gasteiger partial charge on any atom is -0.332 e. The first-order chi connectivity index (χ1) is 8.46. The summed E-state index contributed by atoms with van der Waals surface area (Å²) in [5.74, 6) is 0.0933. The van der Waals surface area contributed by atoms with Crippen molar-refractivity contribution in [3.63, 3.8) is 0 Å². The molecule has 0 unspecified atom stereocenters. The highest BCUT2D eigenvalue weighted by Crippen LogP contribution is 2.29. The Hall–Kier alpha value is -1.56. The van der Waals surface area contributed by atoms with Crippen LogP contribution in [0.3, 0.4) is 0 Å². The number of carbonyl (C=O) groups excluding carboxylic acids is 1. The predicted molar refractivity (Wildman–Crippen MR) is 68.4 cm³/mol. The molecule has 0 aliphatic carbocycles. The maximum absolute atomic E-state index is 11.9. The van der Waals surface area contributed by atoms with Gasteiger partial charge < -0.3 is 5.32 Å². The van der Waals surface area contributed by atoms with E-state index in [-0.39, 0.29) is 29.6 Å². The van der Waals surface area contributed by atoms with Crippen molar-refractivity contribution >= 4 is 21.6 Å². The van der Waals surface area contributed by atoms with Gasteiger partial charge in [0.2, 0.25) is 0 Å². The van der Waals surface area contributed by atoms with Gasteiger partial charge in [-0.1, -0.05) is 17.7 Å². The Labute approximate surface area is 106 Å². The molecule has 2 aliphatic rings. The Bertz CT molecular complexity index is 594.